The Morgan fingerprint density at radius 3 is 2.13 bits per heavy atom. The molecule has 290 valence electrons. The number of H-pyrrole nitrogens is 2. The van der Waals surface area contributed by atoms with Crippen LogP contribution in [0.5, 0.6) is 0 Å². The predicted molar refractivity (Wildman–Crippen MR) is 174 cm³/mol. The van der Waals surface area contributed by atoms with E-state index in [0.29, 0.717) is 5.57 Å². The number of ether oxygens (including phenoxy) is 2. The monoisotopic (exact) mass is 826 g/mol. The van der Waals surface area contributed by atoms with Crippen molar-refractivity contribution in [3.8, 4) is 0 Å². The molecule has 3 aromatic rings. The third kappa shape index (κ3) is 8.02. The average Bonchev–Trinajstić information content (AvgIpc) is 3.77. The van der Waals surface area contributed by atoms with Gasteiger partial charge in [-0.15, -0.1) is 9.88 Å². The topological polar surface area (TPSA) is 391 Å². The van der Waals surface area contributed by atoms with E-state index in [4.69, 9.17) is 20.9 Å². The predicted octanol–water partition coefficient (Wildman–Crippen LogP) is -4.44. The van der Waals surface area contributed by atoms with Gasteiger partial charge in [0.05, 0.1) is 37.2 Å². The minimum atomic E-state index is -5.81. The number of fused-ring (bicyclic) bond motifs is 2. The third-order valence-electron chi connectivity index (χ3n) is 8.18. The Bertz CT molecular complexity index is 2200. The van der Waals surface area contributed by atoms with Gasteiger partial charge in [-0.05, 0) is 13.0 Å². The highest BCUT2D eigenvalue weighted by Gasteiger charge is 2.53. The first kappa shape index (κ1) is 39.6. The molecule has 3 aromatic heterocycles. The number of hydrogen-bond acceptors (Lipinski definition) is 23. The molecule has 0 spiro atoms. The van der Waals surface area contributed by atoms with Crippen LogP contribution in [0.1, 0.15) is 18.7 Å². The van der Waals surface area contributed by atoms with Crippen LogP contribution in [0.4, 0.5) is 17.7 Å². The summed E-state index contributed by atoms with van der Waals surface area (Å²) in [5.74, 6) is -1.70. The first-order valence-corrected chi connectivity index (χ1v) is 20.5. The van der Waals surface area contributed by atoms with Crippen LogP contribution >= 0.6 is 22.4 Å². The Hall–Kier alpha value is -3.06. The number of phosphoric acid groups is 2. The maximum atomic E-state index is 12.7. The summed E-state index contributed by atoms with van der Waals surface area (Å²) in [6, 6.07) is 1.32. The van der Waals surface area contributed by atoms with Crippen LogP contribution in [0.25, 0.3) is 16.6 Å². The summed E-state index contributed by atoms with van der Waals surface area (Å²) in [6.07, 6.45) is -6.87. The normalized spacial score (nSPS) is 30.4. The van der Waals surface area contributed by atoms with E-state index in [2.05, 4.69) is 55.6 Å². The summed E-state index contributed by atoms with van der Waals surface area (Å²) in [5, 5.41) is 41.8. The number of aliphatic hydroxyl groups is 4. The highest BCUT2D eigenvalue weighted by atomic mass is 32.5. The van der Waals surface area contributed by atoms with E-state index in [1.165, 1.54) is 24.1 Å². The van der Waals surface area contributed by atoms with Gasteiger partial charge in [0.25, 0.3) is 21.2 Å². The number of nitrogens with one attached hydrogen (secondary N) is 2. The number of rotatable bonds is 13. The van der Waals surface area contributed by atoms with Gasteiger partial charge < -0.3 is 69.7 Å². The van der Waals surface area contributed by atoms with Crippen molar-refractivity contribution < 1.29 is 71.4 Å². The summed E-state index contributed by atoms with van der Waals surface area (Å²) < 4.78 is 54.9. The Kier molecular flexibility index (Phi) is 10.9. The minimum absolute atomic E-state index is 0.0208. The second-order valence-corrected chi connectivity index (χ2v) is 17.6. The quantitative estimate of drug-likeness (QED) is 0.0595. The number of aliphatic hydroxyl groups excluding tert-OH is 4. The highest BCUT2D eigenvalue weighted by molar-refractivity contribution is 8.09. The molecular weight excluding hydrogens is 797 g/mol. The van der Waals surface area contributed by atoms with E-state index in [1.807, 2.05) is 0 Å². The number of allylic oxidation sites excluding steroid dienone is 1. The van der Waals surface area contributed by atoms with Gasteiger partial charge in [-0.2, -0.15) is 4.98 Å². The fraction of sp³-hybridized carbons (Fsp3) is 0.500. The van der Waals surface area contributed by atoms with Crippen LogP contribution in [0.15, 0.2) is 21.9 Å². The average molecular weight is 827 g/mol. The fourth-order valence-electron chi connectivity index (χ4n) is 5.86. The van der Waals surface area contributed by atoms with Crippen molar-refractivity contribution in [3.63, 3.8) is 0 Å². The van der Waals surface area contributed by atoms with Gasteiger partial charge in [0.15, 0.2) is 23.7 Å². The second kappa shape index (κ2) is 14.5. The van der Waals surface area contributed by atoms with E-state index in [0.717, 1.165) is 4.57 Å². The second-order valence-electron chi connectivity index (χ2n) is 11.7. The van der Waals surface area contributed by atoms with Gasteiger partial charge >= 0.3 is 11.4 Å². The molecule has 11 atom stereocenters. The van der Waals surface area contributed by atoms with Gasteiger partial charge in [-0.25, -0.2) is 0 Å². The Labute approximate surface area is 300 Å². The lowest BCUT2D eigenvalue weighted by Crippen LogP contribution is -2.40. The molecule has 0 radical (unpaired) electrons. The number of aromatic nitrogens is 5. The number of hydrogen-bond donors (Lipinski definition) is 8. The Balaban J connectivity index is 1.05. The third-order valence-corrected chi connectivity index (χ3v) is 13.5. The molecule has 25 nitrogen and oxygen atoms in total. The molecule has 0 aliphatic carbocycles. The summed E-state index contributed by atoms with van der Waals surface area (Å²) in [5.41, 5.74) is 10.4. The summed E-state index contributed by atoms with van der Waals surface area (Å²) >= 11 is 4.40. The molecule has 0 saturated carbocycles. The molecule has 2 fully saturated rings. The first-order valence-electron chi connectivity index (χ1n) is 15.0. The van der Waals surface area contributed by atoms with Crippen molar-refractivity contribution in [2.45, 2.75) is 49.9 Å². The molecule has 0 amide bonds. The lowest BCUT2D eigenvalue weighted by Gasteiger charge is -2.37. The Morgan fingerprint density at radius 2 is 1.51 bits per heavy atom. The molecule has 3 aliphatic heterocycles. The molecule has 2 saturated heterocycles. The summed E-state index contributed by atoms with van der Waals surface area (Å²) in [4.78, 5) is 76.0. The molecule has 3 aliphatic rings. The molecule has 0 aromatic carbocycles. The summed E-state index contributed by atoms with van der Waals surface area (Å²) in [7, 11) is -11.6. The lowest BCUT2D eigenvalue weighted by atomic mass is 10.0. The van der Waals surface area contributed by atoms with Crippen LogP contribution in [0.3, 0.4) is 0 Å². The van der Waals surface area contributed by atoms with Crippen molar-refractivity contribution >= 4 is 68.5 Å². The van der Waals surface area contributed by atoms with Gasteiger partial charge in [0.2, 0.25) is 17.5 Å². The number of phosphoric ester groups is 2. The van der Waals surface area contributed by atoms with Gasteiger partial charge in [-0.3, -0.25) is 37.3 Å². The molecule has 0 bridgehead atoms. The van der Waals surface area contributed by atoms with Gasteiger partial charge in [-0.1, -0.05) is 11.8 Å². The molecule has 29 heteroatoms. The standard InChI is InChI=1S/C24H31N8O17P3S/c1-8-4-32(18-13(8)20(38)30-24(26)28-18)21-10(5-33)14(34)11(46-21)6-44-50(39,40)48-52(43,53)49-51(41,42)45-7-12-15(35)16(36)22(47-12)31-3-2-9-17(31)27-23(25)29-19(9)37/h2-3,10-12,14-16,21-22,33-36H,5-7H2,1H3,(H8-,25,26,27,28,29,30,37,38,39,40,41,42,43,53)/p-2/t10?,11-,12-,14?,15+,16?,21-,22-,52?/m1/s1. The number of nitrogen functional groups attached to an aromatic ring is 2. The maximum absolute atomic E-state index is 12.7. The first-order chi connectivity index (χ1) is 24.7. The van der Waals surface area contributed by atoms with E-state index in [9.17, 15) is 53.8 Å². The summed E-state index contributed by atoms with van der Waals surface area (Å²) in [6.45, 7) is -6.85. The van der Waals surface area contributed by atoms with Crippen LogP contribution < -0.4 is 42.2 Å². The highest BCUT2D eigenvalue weighted by Crippen LogP contribution is 2.63. The minimum Gasteiger partial charge on any atom is -0.779 e. The number of aromatic amines is 2. The maximum Gasteiger partial charge on any atom is 0.332 e. The van der Waals surface area contributed by atoms with Crippen molar-refractivity contribution in [1.29, 1.82) is 0 Å². The molecule has 6 heterocycles. The molecule has 53 heavy (non-hydrogen) atoms. The van der Waals surface area contributed by atoms with E-state index < -0.39 is 102 Å². The zero-order valence-electron chi connectivity index (χ0n) is 26.7. The SMILES string of the molecule is CC1=[C+]N([C@@H]2O[C@H](COP(=O)([O-])OP([O-])(=S)OP(=O)([O-])OC[C@H]3O[C@@H](n4ccc5c(=O)[nH]c(N)nc54)C(O)[C@H]3O)C(O)C2CO)c2nc(N)[nH]c(=O)c21. The number of nitrogens with zero attached hydrogens (tertiary/aromatic N) is 4. The Morgan fingerprint density at radius 1 is 0.943 bits per heavy atom. The number of anilines is 3. The molecule has 6 rings (SSSR count). The van der Waals surface area contributed by atoms with Gasteiger partial charge in [0.1, 0.15) is 37.3 Å². The van der Waals surface area contributed by atoms with E-state index in [1.54, 1.807) is 0 Å². The molecule has 10 N–H and O–H groups in total. The van der Waals surface area contributed by atoms with Crippen molar-refractivity contribution in [3.05, 3.63) is 44.7 Å². The van der Waals surface area contributed by atoms with Crippen molar-refractivity contribution in [2.75, 3.05) is 36.2 Å². The van der Waals surface area contributed by atoms with Crippen molar-refractivity contribution in [2.24, 2.45) is 5.92 Å². The van der Waals surface area contributed by atoms with Crippen LogP contribution in [-0.2, 0) is 48.1 Å². The van der Waals surface area contributed by atoms with Crippen LogP contribution in [0, 0.1) is 12.1 Å². The largest absolute Gasteiger partial charge is 0.779 e. The lowest BCUT2D eigenvalue weighted by molar-refractivity contribution is -0.244. The van der Waals surface area contributed by atoms with E-state index in [-0.39, 0.29) is 34.3 Å². The van der Waals surface area contributed by atoms with E-state index >= 15 is 0 Å². The zero-order valence-corrected chi connectivity index (χ0v) is 30.2. The van der Waals surface area contributed by atoms with Crippen LogP contribution in [-0.4, -0.2) is 101 Å². The smallest absolute Gasteiger partial charge is 0.332 e. The molecule has 6 unspecified atom stereocenters. The fourth-order valence-corrected chi connectivity index (χ4v) is 10.7. The van der Waals surface area contributed by atoms with Crippen molar-refractivity contribution in [1.82, 2.24) is 24.5 Å². The molecular formula is C24H29N8O17P3S-2. The van der Waals surface area contributed by atoms with Crippen LogP contribution in [0.2, 0.25) is 0 Å². The zero-order chi connectivity index (χ0) is 38.8. The number of nitrogens with two attached hydrogens (primary N) is 2. The van der Waals surface area contributed by atoms with Gasteiger partial charge in [0, 0.05) is 6.20 Å².